The molecule has 0 radical (unpaired) electrons. The highest BCUT2D eigenvalue weighted by Gasteiger charge is 2.32. The average molecular weight is 512 g/mol. The van der Waals surface area contributed by atoms with Gasteiger partial charge in [0.25, 0.3) is 0 Å². The van der Waals surface area contributed by atoms with Crippen molar-refractivity contribution in [2.24, 2.45) is 0 Å². The molecule has 0 unspecified atom stereocenters. The molecule has 9 heteroatoms. The molecule has 0 aliphatic rings. The van der Waals surface area contributed by atoms with Crippen LogP contribution in [0.3, 0.4) is 0 Å². The summed E-state index contributed by atoms with van der Waals surface area (Å²) in [6, 6.07) is 25.0. The van der Waals surface area contributed by atoms with Crippen LogP contribution in [0.2, 0.25) is 0 Å². The van der Waals surface area contributed by atoms with Crippen LogP contribution in [0.25, 0.3) is 0 Å². The molecule has 0 aliphatic carbocycles. The number of aliphatic hydroxyl groups is 1. The third-order valence-electron chi connectivity index (χ3n) is 4.99. The van der Waals surface area contributed by atoms with E-state index in [9.17, 15) is 14.7 Å². The topological polar surface area (TPSA) is 103 Å². The summed E-state index contributed by atoms with van der Waals surface area (Å²) in [6.07, 6.45) is -2.18. The van der Waals surface area contributed by atoms with Gasteiger partial charge >= 0.3 is 12.1 Å². The lowest BCUT2D eigenvalue weighted by Crippen LogP contribution is -2.32. The number of thiol groups is 1. The van der Waals surface area contributed by atoms with Gasteiger partial charge < -0.3 is 24.1 Å². The van der Waals surface area contributed by atoms with Gasteiger partial charge in [0.2, 0.25) is 0 Å². The Labute approximate surface area is 215 Å². The van der Waals surface area contributed by atoms with Crippen LogP contribution in [0, 0.1) is 0 Å². The lowest BCUT2D eigenvalue weighted by Gasteiger charge is -2.29. The van der Waals surface area contributed by atoms with Crippen molar-refractivity contribution < 1.29 is 33.6 Å². The van der Waals surface area contributed by atoms with Gasteiger partial charge in [0.15, 0.2) is 6.10 Å². The molecule has 3 aromatic carbocycles. The maximum absolute atomic E-state index is 12.9. The minimum absolute atomic E-state index is 0.0245. The molecule has 0 saturated heterocycles. The minimum atomic E-state index is -0.946. The molecule has 3 rings (SSSR count). The smallest absolute Gasteiger partial charge is 0.412 e. The zero-order valence-electron chi connectivity index (χ0n) is 19.6. The van der Waals surface area contributed by atoms with E-state index in [1.807, 2.05) is 24.3 Å². The van der Waals surface area contributed by atoms with Crippen LogP contribution in [0.4, 0.5) is 10.5 Å². The molecule has 8 nitrogen and oxygen atoms in total. The number of rotatable bonds is 13. The van der Waals surface area contributed by atoms with E-state index in [1.54, 1.807) is 60.7 Å². The standard InChI is InChI=1S/C27H29NO7S/c29-16-18-32-23-14-8-7-13-22(23)26(35-27(31)28-20-9-3-1-4-10-20)24(15-17-33-25(30)19-36)34-21-11-5-2-6-12-21/h1-14,24,26,29,36H,15-19H2,(H,28,31)/t24-,26-/m0/s1. The fourth-order valence-electron chi connectivity index (χ4n) is 3.41. The van der Waals surface area contributed by atoms with Crippen molar-refractivity contribution in [3.63, 3.8) is 0 Å². The summed E-state index contributed by atoms with van der Waals surface area (Å²) >= 11 is 3.94. The normalized spacial score (nSPS) is 12.2. The van der Waals surface area contributed by atoms with E-state index in [0.717, 1.165) is 0 Å². The van der Waals surface area contributed by atoms with Gasteiger partial charge in [-0.3, -0.25) is 10.1 Å². The lowest BCUT2D eigenvalue weighted by molar-refractivity contribution is -0.141. The largest absolute Gasteiger partial charge is 0.491 e. The molecule has 36 heavy (non-hydrogen) atoms. The Bertz CT molecular complexity index is 1080. The Morgan fingerprint density at radius 2 is 1.56 bits per heavy atom. The second-order valence-electron chi connectivity index (χ2n) is 7.56. The van der Waals surface area contributed by atoms with Crippen LogP contribution in [0.5, 0.6) is 11.5 Å². The zero-order valence-corrected chi connectivity index (χ0v) is 20.5. The molecule has 0 bridgehead atoms. The SMILES string of the molecule is O=C(CS)OCC[C@H](Oc1ccccc1)[C@@H](OC(=O)Nc1ccccc1)c1ccccc1OCCO. The first-order valence-corrected chi connectivity index (χ1v) is 12.1. The predicted molar refractivity (Wildman–Crippen MR) is 139 cm³/mol. The summed E-state index contributed by atoms with van der Waals surface area (Å²) in [4.78, 5) is 24.6. The van der Waals surface area contributed by atoms with Crippen molar-refractivity contribution in [1.29, 1.82) is 0 Å². The number of ether oxygens (including phenoxy) is 4. The van der Waals surface area contributed by atoms with E-state index in [4.69, 9.17) is 18.9 Å². The summed E-state index contributed by atoms with van der Waals surface area (Å²) in [6.45, 7) is -0.0988. The quantitative estimate of drug-likeness (QED) is 0.227. The Hall–Kier alpha value is -3.69. The Morgan fingerprint density at radius 3 is 2.25 bits per heavy atom. The van der Waals surface area contributed by atoms with E-state index in [1.165, 1.54) is 0 Å². The van der Waals surface area contributed by atoms with Gasteiger partial charge in [-0.1, -0.05) is 54.6 Å². The zero-order chi connectivity index (χ0) is 25.6. The van der Waals surface area contributed by atoms with Gasteiger partial charge in [-0.15, -0.1) is 0 Å². The third-order valence-corrected chi connectivity index (χ3v) is 5.25. The molecule has 2 atom stereocenters. The van der Waals surface area contributed by atoms with Gasteiger partial charge in [0, 0.05) is 17.7 Å². The van der Waals surface area contributed by atoms with Crippen LogP contribution in [0.1, 0.15) is 18.1 Å². The molecule has 0 spiro atoms. The van der Waals surface area contributed by atoms with Crippen LogP contribution < -0.4 is 14.8 Å². The molecule has 190 valence electrons. The summed E-state index contributed by atoms with van der Waals surface area (Å²) in [5.74, 6) is 0.455. The van der Waals surface area contributed by atoms with Crippen molar-refractivity contribution in [3.05, 3.63) is 90.5 Å². The van der Waals surface area contributed by atoms with Crippen molar-refractivity contribution in [2.45, 2.75) is 18.6 Å². The first-order valence-electron chi connectivity index (χ1n) is 11.4. The minimum Gasteiger partial charge on any atom is -0.491 e. The average Bonchev–Trinajstić information content (AvgIpc) is 2.91. The Kier molecular flexibility index (Phi) is 10.9. The van der Waals surface area contributed by atoms with E-state index in [2.05, 4.69) is 17.9 Å². The summed E-state index contributed by atoms with van der Waals surface area (Å²) in [7, 11) is 0. The monoisotopic (exact) mass is 511 g/mol. The van der Waals surface area contributed by atoms with Gasteiger partial charge in [-0.2, -0.15) is 12.6 Å². The van der Waals surface area contributed by atoms with Gasteiger partial charge in [-0.05, 0) is 30.3 Å². The molecule has 0 heterocycles. The van der Waals surface area contributed by atoms with E-state index < -0.39 is 24.3 Å². The number of esters is 1. The van der Waals surface area contributed by atoms with Gasteiger partial charge in [-0.25, -0.2) is 4.79 Å². The second kappa shape index (κ2) is 14.7. The Morgan fingerprint density at radius 1 is 0.889 bits per heavy atom. The number of carbonyl (C=O) groups excluding carboxylic acids is 2. The second-order valence-corrected chi connectivity index (χ2v) is 7.88. The maximum Gasteiger partial charge on any atom is 0.412 e. The molecule has 0 fully saturated rings. The fraction of sp³-hybridized carbons (Fsp3) is 0.259. The molecule has 2 N–H and O–H groups in total. The number of carbonyl (C=O) groups is 2. The predicted octanol–water partition coefficient (Wildman–Crippen LogP) is 4.66. The number of hydrogen-bond acceptors (Lipinski definition) is 8. The number of para-hydroxylation sites is 3. The lowest BCUT2D eigenvalue weighted by atomic mass is 10.0. The van der Waals surface area contributed by atoms with Crippen LogP contribution in [0.15, 0.2) is 84.9 Å². The highest BCUT2D eigenvalue weighted by Crippen LogP contribution is 2.34. The first-order chi connectivity index (χ1) is 17.6. The number of aliphatic hydroxyl groups excluding tert-OH is 1. The number of benzene rings is 3. The number of nitrogens with one attached hydrogen (secondary N) is 1. The summed E-state index contributed by atoms with van der Waals surface area (Å²) in [5, 5.41) is 12.0. The summed E-state index contributed by atoms with van der Waals surface area (Å²) < 4.78 is 23.1. The maximum atomic E-state index is 12.9. The van der Waals surface area contributed by atoms with Gasteiger partial charge in [0.1, 0.15) is 24.2 Å². The van der Waals surface area contributed by atoms with Crippen molar-refractivity contribution in [2.75, 3.05) is 30.9 Å². The molecule has 3 aromatic rings. The molecular weight excluding hydrogens is 482 g/mol. The van der Waals surface area contributed by atoms with Crippen LogP contribution in [-0.2, 0) is 14.3 Å². The molecule has 1 amide bonds. The van der Waals surface area contributed by atoms with Crippen molar-refractivity contribution in [1.82, 2.24) is 0 Å². The highest BCUT2D eigenvalue weighted by molar-refractivity contribution is 7.81. The van der Waals surface area contributed by atoms with Gasteiger partial charge in [0.05, 0.1) is 19.0 Å². The number of anilines is 1. The molecule has 0 aliphatic heterocycles. The van der Waals surface area contributed by atoms with Crippen molar-refractivity contribution >= 4 is 30.4 Å². The fourth-order valence-corrected chi connectivity index (χ4v) is 3.50. The summed E-state index contributed by atoms with van der Waals surface area (Å²) in [5.41, 5.74) is 1.10. The molecular formula is C27H29NO7S. The van der Waals surface area contributed by atoms with E-state index in [-0.39, 0.29) is 32.0 Å². The van der Waals surface area contributed by atoms with Crippen molar-refractivity contribution in [3.8, 4) is 11.5 Å². The molecule has 0 aromatic heterocycles. The number of hydrogen-bond donors (Lipinski definition) is 3. The first kappa shape index (κ1) is 26.9. The number of amides is 1. The van der Waals surface area contributed by atoms with E-state index in [0.29, 0.717) is 22.7 Å². The third kappa shape index (κ3) is 8.51. The Balaban J connectivity index is 1.93. The van der Waals surface area contributed by atoms with Crippen LogP contribution in [-0.4, -0.2) is 48.8 Å². The molecule has 0 saturated carbocycles. The van der Waals surface area contributed by atoms with Crippen LogP contribution >= 0.6 is 12.6 Å². The van der Waals surface area contributed by atoms with E-state index >= 15 is 0 Å². The highest BCUT2D eigenvalue weighted by atomic mass is 32.1.